The predicted molar refractivity (Wildman–Crippen MR) is 74.7 cm³/mol. The smallest absolute Gasteiger partial charge is 0.0772 e. The molecule has 1 aromatic rings. The van der Waals surface area contributed by atoms with Crippen LogP contribution in [0, 0.1) is 0 Å². The lowest BCUT2D eigenvalue weighted by Gasteiger charge is -2.04. The van der Waals surface area contributed by atoms with E-state index in [1.807, 2.05) is 12.3 Å². The van der Waals surface area contributed by atoms with E-state index in [1.165, 1.54) is 0 Å². The second-order valence-corrected chi connectivity index (χ2v) is 4.54. The zero-order valence-corrected chi connectivity index (χ0v) is 10.7. The number of benzene rings is 1. The van der Waals surface area contributed by atoms with E-state index in [9.17, 15) is 0 Å². The summed E-state index contributed by atoms with van der Waals surface area (Å²) in [5.74, 6) is 0. The molecular weight excluding hydrogens is 255 g/mol. The first kappa shape index (κ1) is 12.3. The van der Waals surface area contributed by atoms with Gasteiger partial charge in [0.2, 0.25) is 0 Å². The van der Waals surface area contributed by atoms with Gasteiger partial charge in [0.1, 0.15) is 0 Å². The third kappa shape index (κ3) is 3.42. The first-order valence-corrected chi connectivity index (χ1v) is 6.17. The predicted octanol–water partition coefficient (Wildman–Crippen LogP) is 4.16. The number of allylic oxidation sites excluding steroid dienone is 1. The molecule has 4 heteroatoms. The first-order chi connectivity index (χ1) is 8.27. The maximum absolute atomic E-state index is 6.03. The molecule has 0 aromatic heterocycles. The Kier molecular flexibility index (Phi) is 4.35. The number of hydrogen-bond acceptors (Lipinski definition) is 2. The van der Waals surface area contributed by atoms with E-state index in [1.54, 1.807) is 18.3 Å². The van der Waals surface area contributed by atoms with Gasteiger partial charge in [0, 0.05) is 23.7 Å². The molecule has 0 radical (unpaired) electrons. The zero-order chi connectivity index (χ0) is 12.1. The van der Waals surface area contributed by atoms with Gasteiger partial charge in [-0.1, -0.05) is 35.3 Å². The molecule has 1 heterocycles. The molecule has 2 rings (SSSR count). The Morgan fingerprint density at radius 1 is 1.29 bits per heavy atom. The quantitative estimate of drug-likeness (QED) is 0.734. The summed E-state index contributed by atoms with van der Waals surface area (Å²) in [5, 5.41) is 1.23. The van der Waals surface area contributed by atoms with Gasteiger partial charge < -0.3 is 0 Å². The van der Waals surface area contributed by atoms with E-state index < -0.39 is 0 Å². The number of rotatable bonds is 3. The van der Waals surface area contributed by atoms with E-state index in [-0.39, 0.29) is 0 Å². The van der Waals surface area contributed by atoms with Crippen LogP contribution in [0.15, 0.2) is 40.5 Å². The molecule has 1 aliphatic heterocycles. The van der Waals surface area contributed by atoms with Crippen LogP contribution in [0.3, 0.4) is 0 Å². The summed E-state index contributed by atoms with van der Waals surface area (Å²) in [6.07, 6.45) is 7.62. The number of halogens is 2. The highest BCUT2D eigenvalue weighted by molar-refractivity contribution is 6.38. The number of aliphatic imine (C=N–C) groups is 2. The molecule has 0 saturated heterocycles. The highest BCUT2D eigenvalue weighted by Gasteiger charge is 2.03. The van der Waals surface area contributed by atoms with Crippen LogP contribution < -0.4 is 0 Å². The Labute approximate surface area is 111 Å². The fourth-order valence-electron chi connectivity index (χ4n) is 1.54. The van der Waals surface area contributed by atoms with Crippen LogP contribution in [-0.2, 0) is 0 Å². The van der Waals surface area contributed by atoms with Crippen molar-refractivity contribution >= 4 is 35.1 Å². The van der Waals surface area contributed by atoms with Gasteiger partial charge in [0.15, 0.2) is 0 Å². The molecule has 88 valence electrons. The number of nitrogens with zero attached hydrogens (tertiary/aromatic N) is 2. The SMILES string of the molecule is Clc1cccc(Cl)c1C=NCC1=NC=CCC1. The van der Waals surface area contributed by atoms with Crippen LogP contribution >= 0.6 is 23.2 Å². The van der Waals surface area contributed by atoms with Gasteiger partial charge in [0.05, 0.1) is 16.6 Å². The minimum Gasteiger partial charge on any atom is -0.286 e. The first-order valence-electron chi connectivity index (χ1n) is 5.42. The topological polar surface area (TPSA) is 24.7 Å². The van der Waals surface area contributed by atoms with Crippen LogP contribution in [0.2, 0.25) is 10.0 Å². The van der Waals surface area contributed by atoms with Crippen LogP contribution in [-0.4, -0.2) is 18.5 Å². The number of hydrogen-bond donors (Lipinski definition) is 0. The second-order valence-electron chi connectivity index (χ2n) is 3.72. The highest BCUT2D eigenvalue weighted by Crippen LogP contribution is 2.22. The maximum atomic E-state index is 6.03. The molecule has 0 N–H and O–H groups in total. The molecule has 0 saturated carbocycles. The molecule has 1 aromatic carbocycles. The largest absolute Gasteiger partial charge is 0.286 e. The third-order valence-electron chi connectivity index (χ3n) is 2.46. The lowest BCUT2D eigenvalue weighted by atomic mass is 10.2. The average molecular weight is 267 g/mol. The summed E-state index contributed by atoms with van der Waals surface area (Å²) < 4.78 is 0. The molecule has 0 spiro atoms. The van der Waals surface area contributed by atoms with Crippen molar-refractivity contribution in [2.45, 2.75) is 12.8 Å². The average Bonchev–Trinajstić information content (AvgIpc) is 2.34. The molecule has 0 fully saturated rings. The molecule has 0 unspecified atom stereocenters. The van der Waals surface area contributed by atoms with Crippen molar-refractivity contribution in [1.82, 2.24) is 0 Å². The van der Waals surface area contributed by atoms with Crippen molar-refractivity contribution in [2.75, 3.05) is 6.54 Å². The van der Waals surface area contributed by atoms with Crippen LogP contribution in [0.5, 0.6) is 0 Å². The standard InChI is InChI=1S/C13H12Cl2N2/c14-12-5-3-6-13(15)11(12)9-16-8-10-4-1-2-7-17-10/h2-3,5-7,9H,1,4,8H2. The molecular formula is C13H12Cl2N2. The Bertz CT molecular complexity index is 470. The van der Waals surface area contributed by atoms with Crippen LogP contribution in [0.1, 0.15) is 18.4 Å². The Morgan fingerprint density at radius 2 is 2.06 bits per heavy atom. The Hall–Kier alpha value is -1.12. The lowest BCUT2D eigenvalue weighted by molar-refractivity contribution is 1.03. The van der Waals surface area contributed by atoms with Gasteiger partial charge in [-0.05, 0) is 25.0 Å². The Morgan fingerprint density at radius 3 is 2.71 bits per heavy atom. The maximum Gasteiger partial charge on any atom is 0.0772 e. The summed E-state index contributed by atoms with van der Waals surface area (Å²) >= 11 is 12.1. The molecule has 0 bridgehead atoms. The summed E-state index contributed by atoms with van der Waals surface area (Å²) in [5.41, 5.74) is 1.86. The molecule has 0 aliphatic carbocycles. The summed E-state index contributed by atoms with van der Waals surface area (Å²) in [7, 11) is 0. The van der Waals surface area contributed by atoms with Gasteiger partial charge in [-0.15, -0.1) is 0 Å². The van der Waals surface area contributed by atoms with Crippen molar-refractivity contribution in [3.05, 3.63) is 46.1 Å². The fourth-order valence-corrected chi connectivity index (χ4v) is 2.04. The molecule has 1 aliphatic rings. The van der Waals surface area contributed by atoms with Crippen molar-refractivity contribution < 1.29 is 0 Å². The van der Waals surface area contributed by atoms with Crippen molar-refractivity contribution in [1.29, 1.82) is 0 Å². The van der Waals surface area contributed by atoms with Gasteiger partial charge in [-0.2, -0.15) is 0 Å². The van der Waals surface area contributed by atoms with Gasteiger partial charge in [-0.3, -0.25) is 9.98 Å². The monoisotopic (exact) mass is 266 g/mol. The van der Waals surface area contributed by atoms with Crippen molar-refractivity contribution in [3.63, 3.8) is 0 Å². The normalized spacial score (nSPS) is 15.3. The van der Waals surface area contributed by atoms with E-state index in [4.69, 9.17) is 23.2 Å². The lowest BCUT2D eigenvalue weighted by Crippen LogP contribution is -2.04. The Balaban J connectivity index is 2.05. The van der Waals surface area contributed by atoms with E-state index in [0.29, 0.717) is 16.6 Å². The van der Waals surface area contributed by atoms with Crippen molar-refractivity contribution in [3.8, 4) is 0 Å². The van der Waals surface area contributed by atoms with Gasteiger partial charge >= 0.3 is 0 Å². The summed E-state index contributed by atoms with van der Waals surface area (Å²) in [6, 6.07) is 5.42. The van der Waals surface area contributed by atoms with E-state index in [0.717, 1.165) is 24.1 Å². The van der Waals surface area contributed by atoms with Gasteiger partial charge in [-0.25, -0.2) is 0 Å². The molecule has 0 amide bonds. The minimum absolute atomic E-state index is 0.603. The van der Waals surface area contributed by atoms with E-state index >= 15 is 0 Å². The van der Waals surface area contributed by atoms with Crippen molar-refractivity contribution in [2.24, 2.45) is 9.98 Å². The highest BCUT2D eigenvalue weighted by atomic mass is 35.5. The summed E-state index contributed by atoms with van der Waals surface area (Å²) in [4.78, 5) is 8.59. The van der Waals surface area contributed by atoms with Crippen LogP contribution in [0.25, 0.3) is 0 Å². The second kappa shape index (κ2) is 5.99. The fraction of sp³-hybridized carbons (Fsp3) is 0.231. The molecule has 2 nitrogen and oxygen atoms in total. The molecule has 17 heavy (non-hydrogen) atoms. The molecule has 0 atom stereocenters. The van der Waals surface area contributed by atoms with Gasteiger partial charge in [0.25, 0.3) is 0 Å². The zero-order valence-electron chi connectivity index (χ0n) is 9.24. The van der Waals surface area contributed by atoms with E-state index in [2.05, 4.69) is 16.1 Å². The van der Waals surface area contributed by atoms with Crippen LogP contribution in [0.4, 0.5) is 0 Å². The summed E-state index contributed by atoms with van der Waals surface area (Å²) in [6.45, 7) is 0.603. The third-order valence-corrected chi connectivity index (χ3v) is 3.12. The minimum atomic E-state index is 0.603.